The summed E-state index contributed by atoms with van der Waals surface area (Å²) < 4.78 is 24.3. The number of carbonyl (C=O) groups excluding carboxylic acids is 2. The second-order valence-corrected chi connectivity index (χ2v) is 8.14. The Labute approximate surface area is 208 Å². The van der Waals surface area contributed by atoms with Crippen LogP contribution in [0.2, 0.25) is 0 Å². The van der Waals surface area contributed by atoms with Crippen LogP contribution in [-0.2, 0) is 13.1 Å². The fourth-order valence-electron chi connectivity index (χ4n) is 3.72. The van der Waals surface area contributed by atoms with Crippen LogP contribution in [0.5, 0.6) is 5.75 Å². The highest BCUT2D eigenvalue weighted by molar-refractivity contribution is 5.98. The van der Waals surface area contributed by atoms with Crippen LogP contribution in [0.4, 0.5) is 4.39 Å². The molecule has 5 aromatic rings. The lowest BCUT2D eigenvalue weighted by molar-refractivity contribution is 0.0860. The summed E-state index contributed by atoms with van der Waals surface area (Å²) in [6.45, 7) is 1.64. The van der Waals surface area contributed by atoms with E-state index in [2.05, 4.69) is 25.7 Å². The Morgan fingerprint density at radius 2 is 1.78 bits per heavy atom. The summed E-state index contributed by atoms with van der Waals surface area (Å²) in [5, 5.41) is 9.68. The molecule has 0 radical (unpaired) electrons. The largest absolute Gasteiger partial charge is 0.461 e. The Morgan fingerprint density at radius 3 is 2.57 bits per heavy atom. The third-order valence-corrected chi connectivity index (χ3v) is 5.44. The van der Waals surface area contributed by atoms with Crippen LogP contribution in [0.3, 0.4) is 0 Å². The molecule has 5 rings (SSSR count). The zero-order chi connectivity index (χ0) is 25.9. The van der Waals surface area contributed by atoms with Gasteiger partial charge in [0.05, 0.1) is 11.7 Å². The highest BCUT2D eigenvalue weighted by atomic mass is 19.1. The maximum Gasteiger partial charge on any atom is 0.417 e. The Balaban J connectivity index is 1.29. The van der Waals surface area contributed by atoms with Gasteiger partial charge in [0, 0.05) is 32.1 Å². The first-order valence-electron chi connectivity index (χ1n) is 11.3. The Bertz CT molecular complexity index is 1650. The molecule has 0 saturated carbocycles. The second-order valence-electron chi connectivity index (χ2n) is 8.14. The van der Waals surface area contributed by atoms with Gasteiger partial charge in [-0.05, 0) is 35.4 Å². The van der Waals surface area contributed by atoms with Crippen molar-refractivity contribution in [3.63, 3.8) is 0 Å². The van der Waals surface area contributed by atoms with Crippen molar-refractivity contribution >= 4 is 28.6 Å². The van der Waals surface area contributed by atoms with E-state index in [1.807, 2.05) is 0 Å². The molecule has 0 bridgehead atoms. The van der Waals surface area contributed by atoms with E-state index in [4.69, 9.17) is 9.15 Å². The van der Waals surface area contributed by atoms with E-state index in [0.717, 1.165) is 11.1 Å². The molecule has 3 heterocycles. The van der Waals surface area contributed by atoms with Crippen LogP contribution in [0, 0.1) is 0 Å². The van der Waals surface area contributed by atoms with Crippen molar-refractivity contribution in [2.75, 3.05) is 0 Å². The van der Waals surface area contributed by atoms with Crippen LogP contribution in [0.1, 0.15) is 39.0 Å². The summed E-state index contributed by atoms with van der Waals surface area (Å²) in [6.07, 6.45) is 0.0533. The van der Waals surface area contributed by atoms with Gasteiger partial charge >= 0.3 is 5.76 Å². The van der Waals surface area contributed by atoms with E-state index >= 15 is 0 Å². The number of aromatic nitrogens is 4. The van der Waals surface area contributed by atoms with Crippen molar-refractivity contribution in [2.24, 2.45) is 0 Å². The maximum atomic E-state index is 13.0. The van der Waals surface area contributed by atoms with Gasteiger partial charge in [0.2, 0.25) is 6.36 Å². The molecule has 0 spiro atoms. The number of fused-ring (bicyclic) bond motifs is 2. The number of H-pyrrole nitrogens is 1. The molecule has 0 aliphatic heterocycles. The number of halogens is 1. The molecular formula is C25H21FN6O5. The molecule has 0 aliphatic carbocycles. The summed E-state index contributed by atoms with van der Waals surface area (Å²) in [6, 6.07) is 14.7. The molecule has 0 aliphatic rings. The lowest BCUT2D eigenvalue weighted by Crippen LogP contribution is -2.28. The summed E-state index contributed by atoms with van der Waals surface area (Å²) >= 11 is 0. The predicted octanol–water partition coefficient (Wildman–Crippen LogP) is 2.72. The van der Waals surface area contributed by atoms with Gasteiger partial charge in [-0.3, -0.25) is 14.6 Å². The number of rotatable bonds is 8. The highest BCUT2D eigenvalue weighted by Crippen LogP contribution is 2.15. The normalized spacial score (nSPS) is 11.9. The van der Waals surface area contributed by atoms with E-state index in [0.29, 0.717) is 22.5 Å². The topological polar surface area (TPSA) is 144 Å². The van der Waals surface area contributed by atoms with Gasteiger partial charge in [0.1, 0.15) is 17.1 Å². The van der Waals surface area contributed by atoms with E-state index < -0.39 is 23.9 Å². The van der Waals surface area contributed by atoms with Gasteiger partial charge in [-0.15, -0.1) is 0 Å². The summed E-state index contributed by atoms with van der Waals surface area (Å²) in [7, 11) is 0. The SMILES string of the molecule is CC(F)Oc1ccc(CNC(=O)c2cc(C(=O)NCc3ccc4oc(=O)[nH]c4c3)nc3ccnn23)cc1. The number of aromatic amines is 1. The average molecular weight is 504 g/mol. The van der Waals surface area contributed by atoms with Crippen molar-refractivity contribution in [1.29, 1.82) is 0 Å². The minimum absolute atomic E-state index is 0.0396. The van der Waals surface area contributed by atoms with E-state index in [-0.39, 0.29) is 24.5 Å². The number of oxazole rings is 1. The number of hydrogen-bond acceptors (Lipinski definition) is 7. The van der Waals surface area contributed by atoms with Gasteiger partial charge in [-0.25, -0.2) is 18.7 Å². The smallest absolute Gasteiger partial charge is 0.417 e. The Hall–Kier alpha value is -5.00. The van der Waals surface area contributed by atoms with Crippen LogP contribution in [0.25, 0.3) is 16.7 Å². The zero-order valence-electron chi connectivity index (χ0n) is 19.5. The molecule has 3 aromatic heterocycles. The Morgan fingerprint density at radius 1 is 1.05 bits per heavy atom. The number of hydrogen-bond donors (Lipinski definition) is 3. The van der Waals surface area contributed by atoms with Crippen LogP contribution >= 0.6 is 0 Å². The molecule has 3 N–H and O–H groups in total. The minimum Gasteiger partial charge on any atom is -0.461 e. The van der Waals surface area contributed by atoms with Crippen LogP contribution in [0.15, 0.2) is 70.0 Å². The standard InChI is InChI=1S/C25H21FN6O5/c1-14(26)36-17-5-2-15(3-6-17)12-28-24(34)20-11-19(30-22-8-9-29-32(20)22)23(33)27-13-16-4-7-21-18(10-16)31-25(35)37-21/h2-11,14H,12-13H2,1H3,(H,27,33)(H,28,34)(H,31,35). The first-order valence-corrected chi connectivity index (χ1v) is 11.3. The number of amides is 2. The predicted molar refractivity (Wildman–Crippen MR) is 130 cm³/mol. The number of nitrogens with one attached hydrogen (secondary N) is 3. The quantitative estimate of drug-likeness (QED) is 0.295. The van der Waals surface area contributed by atoms with Crippen molar-refractivity contribution in [1.82, 2.24) is 30.2 Å². The molecule has 0 saturated heterocycles. The molecule has 12 heteroatoms. The molecule has 0 fully saturated rings. The second kappa shape index (κ2) is 9.93. The zero-order valence-corrected chi connectivity index (χ0v) is 19.5. The van der Waals surface area contributed by atoms with Gasteiger partial charge in [0.25, 0.3) is 11.8 Å². The number of ether oxygens (including phenoxy) is 1. The summed E-state index contributed by atoms with van der Waals surface area (Å²) in [5.74, 6) is -1.13. The lowest BCUT2D eigenvalue weighted by atomic mass is 10.2. The molecule has 188 valence electrons. The molecule has 2 aromatic carbocycles. The maximum absolute atomic E-state index is 13.0. The van der Waals surface area contributed by atoms with Gasteiger partial charge < -0.3 is 19.8 Å². The highest BCUT2D eigenvalue weighted by Gasteiger charge is 2.18. The van der Waals surface area contributed by atoms with Crippen molar-refractivity contribution in [3.05, 3.63) is 93.9 Å². The van der Waals surface area contributed by atoms with Crippen LogP contribution in [-0.4, -0.2) is 37.8 Å². The molecule has 1 atom stereocenters. The van der Waals surface area contributed by atoms with Gasteiger partial charge in [0.15, 0.2) is 11.2 Å². The van der Waals surface area contributed by atoms with Gasteiger partial charge in [-0.1, -0.05) is 18.2 Å². The number of nitrogens with zero attached hydrogens (tertiary/aromatic N) is 3. The van der Waals surface area contributed by atoms with Crippen molar-refractivity contribution < 1.29 is 23.1 Å². The summed E-state index contributed by atoms with van der Waals surface area (Å²) in [4.78, 5) is 44.0. The number of alkyl halides is 1. The number of benzene rings is 2. The third-order valence-electron chi connectivity index (χ3n) is 5.44. The molecule has 2 amide bonds. The first-order chi connectivity index (χ1) is 17.9. The lowest BCUT2D eigenvalue weighted by Gasteiger charge is -2.11. The molecular weight excluding hydrogens is 483 g/mol. The summed E-state index contributed by atoms with van der Waals surface area (Å²) in [5.41, 5.74) is 2.94. The fraction of sp³-hybridized carbons (Fsp3) is 0.160. The van der Waals surface area contributed by atoms with Crippen LogP contribution < -0.4 is 21.1 Å². The van der Waals surface area contributed by atoms with Crippen molar-refractivity contribution in [3.8, 4) is 5.75 Å². The fourth-order valence-corrected chi connectivity index (χ4v) is 3.72. The minimum atomic E-state index is -1.43. The molecule has 37 heavy (non-hydrogen) atoms. The molecule has 11 nitrogen and oxygen atoms in total. The van der Waals surface area contributed by atoms with Crippen molar-refractivity contribution in [2.45, 2.75) is 26.4 Å². The van der Waals surface area contributed by atoms with E-state index in [1.54, 1.807) is 48.5 Å². The van der Waals surface area contributed by atoms with E-state index in [9.17, 15) is 18.8 Å². The first kappa shape index (κ1) is 23.7. The Kier molecular flexibility index (Phi) is 6.37. The molecule has 1 unspecified atom stereocenters. The monoisotopic (exact) mass is 504 g/mol. The third kappa shape index (κ3) is 5.32. The van der Waals surface area contributed by atoms with Gasteiger partial charge in [-0.2, -0.15) is 5.10 Å². The van der Waals surface area contributed by atoms with E-state index in [1.165, 1.54) is 23.7 Å². The average Bonchev–Trinajstić information content (AvgIpc) is 3.50. The number of carbonyl (C=O) groups is 2.